The molecule has 0 saturated heterocycles. The number of nitro groups is 1. The van der Waals surface area contributed by atoms with Gasteiger partial charge in [0.15, 0.2) is 0 Å². The van der Waals surface area contributed by atoms with Gasteiger partial charge in [-0.25, -0.2) is 4.79 Å². The molecule has 4 N–H and O–H groups in total. The van der Waals surface area contributed by atoms with Gasteiger partial charge in [0.1, 0.15) is 0 Å². The van der Waals surface area contributed by atoms with Crippen molar-refractivity contribution >= 4 is 29.3 Å². The monoisotopic (exact) mass is 287 g/mol. The summed E-state index contributed by atoms with van der Waals surface area (Å²) in [6.45, 7) is 0. The summed E-state index contributed by atoms with van der Waals surface area (Å²) in [6, 6.07) is 1.54. The minimum atomic E-state index is -1.21. The Morgan fingerprint density at radius 2 is 2.16 bits per heavy atom. The summed E-state index contributed by atoms with van der Waals surface area (Å²) >= 11 is 5.85. The van der Waals surface area contributed by atoms with E-state index in [1.54, 1.807) is 0 Å². The van der Waals surface area contributed by atoms with E-state index in [4.69, 9.17) is 22.4 Å². The summed E-state index contributed by atoms with van der Waals surface area (Å²) in [7, 11) is 0. The second kappa shape index (κ2) is 6.01. The Kier molecular flexibility index (Phi) is 4.65. The summed E-state index contributed by atoms with van der Waals surface area (Å²) < 4.78 is 0. The fraction of sp³-hybridized carbons (Fsp3) is 0.200. The summed E-state index contributed by atoms with van der Waals surface area (Å²) in [6.07, 6.45) is -0.496. The number of nitrogens with two attached hydrogens (primary N) is 1. The molecule has 0 spiro atoms. The van der Waals surface area contributed by atoms with Gasteiger partial charge in [0.2, 0.25) is 0 Å². The zero-order valence-electron chi connectivity index (χ0n) is 9.50. The first-order valence-electron chi connectivity index (χ1n) is 5.03. The number of carboxylic acid groups (broad SMARTS) is 1. The van der Waals surface area contributed by atoms with Gasteiger partial charge in [-0.15, -0.1) is 0 Å². The molecule has 1 atom stereocenters. The lowest BCUT2D eigenvalue weighted by atomic mass is 10.0. The minimum absolute atomic E-state index is 0.102. The summed E-state index contributed by atoms with van der Waals surface area (Å²) in [5.41, 5.74) is 4.79. The first kappa shape index (κ1) is 14.7. The SMILES string of the molecule is NC(=O)N[C@H](CC(=O)O)c1cc([N+](=O)[O-])ccc1Cl. The highest BCUT2D eigenvalue weighted by Gasteiger charge is 2.22. The molecule has 9 heteroatoms. The maximum Gasteiger partial charge on any atom is 0.312 e. The number of rotatable bonds is 5. The van der Waals surface area contributed by atoms with Crippen LogP contribution in [0.25, 0.3) is 0 Å². The smallest absolute Gasteiger partial charge is 0.312 e. The van der Waals surface area contributed by atoms with Gasteiger partial charge in [0.25, 0.3) is 5.69 Å². The van der Waals surface area contributed by atoms with E-state index in [0.29, 0.717) is 0 Å². The molecule has 1 rings (SSSR count). The summed E-state index contributed by atoms with van der Waals surface area (Å²) in [4.78, 5) is 31.6. The molecule has 102 valence electrons. The van der Waals surface area contributed by atoms with E-state index in [0.717, 1.165) is 6.07 Å². The number of nitrogens with zero attached hydrogens (tertiary/aromatic N) is 1. The van der Waals surface area contributed by atoms with Crippen LogP contribution in [0, 0.1) is 10.1 Å². The Hall–Kier alpha value is -2.35. The van der Waals surface area contributed by atoms with Gasteiger partial charge in [0.05, 0.1) is 17.4 Å². The van der Waals surface area contributed by atoms with Crippen molar-refractivity contribution < 1.29 is 19.6 Å². The Morgan fingerprint density at radius 3 is 2.63 bits per heavy atom. The van der Waals surface area contributed by atoms with Gasteiger partial charge in [-0.3, -0.25) is 14.9 Å². The van der Waals surface area contributed by atoms with Crippen LogP contribution in [0.15, 0.2) is 18.2 Å². The molecule has 1 aromatic carbocycles. The lowest BCUT2D eigenvalue weighted by Crippen LogP contribution is -2.34. The molecule has 19 heavy (non-hydrogen) atoms. The number of amides is 2. The maximum atomic E-state index is 10.8. The van der Waals surface area contributed by atoms with Crippen LogP contribution in [0.4, 0.5) is 10.5 Å². The van der Waals surface area contributed by atoms with Crippen LogP contribution >= 0.6 is 11.6 Å². The molecule has 0 aromatic heterocycles. The van der Waals surface area contributed by atoms with E-state index in [9.17, 15) is 19.7 Å². The van der Waals surface area contributed by atoms with E-state index < -0.39 is 29.4 Å². The highest BCUT2D eigenvalue weighted by Crippen LogP contribution is 2.29. The lowest BCUT2D eigenvalue weighted by molar-refractivity contribution is -0.384. The second-order valence-corrected chi connectivity index (χ2v) is 4.03. The molecule has 0 unspecified atom stereocenters. The van der Waals surface area contributed by atoms with Crippen molar-refractivity contribution in [3.05, 3.63) is 38.9 Å². The number of hydrogen-bond donors (Lipinski definition) is 3. The first-order valence-corrected chi connectivity index (χ1v) is 5.40. The zero-order valence-corrected chi connectivity index (χ0v) is 10.3. The van der Waals surface area contributed by atoms with Crippen LogP contribution < -0.4 is 11.1 Å². The van der Waals surface area contributed by atoms with Crippen molar-refractivity contribution in [2.45, 2.75) is 12.5 Å². The Balaban J connectivity index is 3.19. The summed E-state index contributed by atoms with van der Waals surface area (Å²) in [5.74, 6) is -1.21. The van der Waals surface area contributed by atoms with Crippen molar-refractivity contribution in [2.75, 3.05) is 0 Å². The largest absolute Gasteiger partial charge is 0.481 e. The number of primary amides is 1. The molecule has 0 aliphatic heterocycles. The molecule has 0 saturated carbocycles. The highest BCUT2D eigenvalue weighted by atomic mass is 35.5. The van der Waals surface area contributed by atoms with Gasteiger partial charge < -0.3 is 16.2 Å². The number of aliphatic carboxylic acids is 1. The van der Waals surface area contributed by atoms with E-state index in [-0.39, 0.29) is 16.3 Å². The van der Waals surface area contributed by atoms with Gasteiger partial charge in [-0.2, -0.15) is 0 Å². The predicted octanol–water partition coefficient (Wildman–Crippen LogP) is 1.43. The van der Waals surface area contributed by atoms with E-state index >= 15 is 0 Å². The Bertz CT molecular complexity index is 518. The third kappa shape index (κ3) is 4.11. The number of hydrogen-bond acceptors (Lipinski definition) is 4. The molecule has 0 aliphatic rings. The highest BCUT2D eigenvalue weighted by molar-refractivity contribution is 6.31. The van der Waals surface area contributed by atoms with Crippen molar-refractivity contribution in [1.82, 2.24) is 5.32 Å². The first-order chi connectivity index (χ1) is 8.81. The fourth-order valence-corrected chi connectivity index (χ4v) is 1.75. The van der Waals surface area contributed by atoms with E-state index in [1.165, 1.54) is 12.1 Å². The molecule has 8 nitrogen and oxygen atoms in total. The number of urea groups is 1. The van der Waals surface area contributed by atoms with Crippen LogP contribution in [0.3, 0.4) is 0 Å². The number of halogens is 1. The topological polar surface area (TPSA) is 136 Å². The van der Waals surface area contributed by atoms with Crippen LogP contribution in [-0.4, -0.2) is 22.0 Å². The Labute approximate surface area is 112 Å². The third-order valence-electron chi connectivity index (χ3n) is 2.26. The van der Waals surface area contributed by atoms with Gasteiger partial charge in [-0.1, -0.05) is 11.6 Å². The Morgan fingerprint density at radius 1 is 1.53 bits per heavy atom. The maximum absolute atomic E-state index is 10.8. The number of nitro benzene ring substituents is 1. The normalized spacial score (nSPS) is 11.6. The number of non-ortho nitro benzene ring substituents is 1. The molecule has 2 amide bonds. The van der Waals surface area contributed by atoms with Crippen molar-refractivity contribution in [1.29, 1.82) is 0 Å². The van der Waals surface area contributed by atoms with E-state index in [2.05, 4.69) is 5.32 Å². The van der Waals surface area contributed by atoms with E-state index in [1.807, 2.05) is 0 Å². The number of carbonyl (C=O) groups is 2. The fourth-order valence-electron chi connectivity index (χ4n) is 1.50. The number of nitrogens with one attached hydrogen (secondary N) is 1. The van der Waals surface area contributed by atoms with Crippen molar-refractivity contribution in [3.63, 3.8) is 0 Å². The average molecular weight is 288 g/mol. The van der Waals surface area contributed by atoms with Crippen molar-refractivity contribution in [2.24, 2.45) is 5.73 Å². The van der Waals surface area contributed by atoms with Gasteiger partial charge in [-0.05, 0) is 6.07 Å². The molecule has 0 radical (unpaired) electrons. The third-order valence-corrected chi connectivity index (χ3v) is 2.61. The van der Waals surface area contributed by atoms with Gasteiger partial charge >= 0.3 is 12.0 Å². The standard InChI is InChI=1S/C10H10ClN3O5/c11-7-2-1-5(14(18)19)3-6(7)8(4-9(15)16)13-10(12)17/h1-3,8H,4H2,(H,15,16)(H3,12,13,17)/t8-/m1/s1. The molecule has 0 fully saturated rings. The quantitative estimate of drug-likeness (QED) is 0.556. The van der Waals surface area contributed by atoms with Crippen LogP contribution in [0.2, 0.25) is 5.02 Å². The number of benzene rings is 1. The summed E-state index contributed by atoms with van der Waals surface area (Å²) in [5, 5.41) is 21.7. The van der Waals surface area contributed by atoms with Crippen LogP contribution in [0.1, 0.15) is 18.0 Å². The lowest BCUT2D eigenvalue weighted by Gasteiger charge is -2.17. The molecule has 0 aliphatic carbocycles. The number of carbonyl (C=O) groups excluding carboxylic acids is 1. The predicted molar refractivity (Wildman–Crippen MR) is 65.8 cm³/mol. The molecular weight excluding hydrogens is 278 g/mol. The molecule has 1 aromatic rings. The zero-order chi connectivity index (χ0) is 14.6. The van der Waals surface area contributed by atoms with Crippen LogP contribution in [0.5, 0.6) is 0 Å². The average Bonchev–Trinajstić information content (AvgIpc) is 2.27. The minimum Gasteiger partial charge on any atom is -0.481 e. The van der Waals surface area contributed by atoms with Crippen molar-refractivity contribution in [3.8, 4) is 0 Å². The molecule has 0 bridgehead atoms. The number of carboxylic acids is 1. The molecule has 0 heterocycles. The van der Waals surface area contributed by atoms with Gasteiger partial charge in [0, 0.05) is 22.7 Å². The molecular formula is C10H10ClN3O5. The van der Waals surface area contributed by atoms with Crippen LogP contribution in [-0.2, 0) is 4.79 Å². The second-order valence-electron chi connectivity index (χ2n) is 3.62.